The van der Waals surface area contributed by atoms with Gasteiger partial charge in [0.05, 0.1) is 19.8 Å². The second kappa shape index (κ2) is 9.68. The molecule has 15 heavy (non-hydrogen) atoms. The van der Waals surface area contributed by atoms with Crippen LogP contribution in [0.2, 0.25) is 0 Å². The van der Waals surface area contributed by atoms with Crippen LogP contribution in [0.5, 0.6) is 0 Å². The zero-order valence-corrected chi connectivity index (χ0v) is 9.49. The molecular weight excluding hydrogens is 196 g/mol. The van der Waals surface area contributed by atoms with Gasteiger partial charge in [-0.2, -0.15) is 0 Å². The van der Waals surface area contributed by atoms with Crippen molar-refractivity contribution in [3.63, 3.8) is 0 Å². The van der Waals surface area contributed by atoms with E-state index in [1.54, 1.807) is 6.92 Å². The summed E-state index contributed by atoms with van der Waals surface area (Å²) >= 11 is 0. The minimum Gasteiger partial charge on any atom is -0.478 e. The van der Waals surface area contributed by atoms with Crippen LogP contribution in [0.25, 0.3) is 0 Å². The predicted octanol–water partition coefficient (Wildman–Crippen LogP) is 1.85. The number of ether oxygens (including phenoxy) is 2. The first kappa shape index (κ1) is 14.1. The fraction of sp³-hybridized carbons (Fsp3) is 0.727. The van der Waals surface area contributed by atoms with Gasteiger partial charge in [-0.1, -0.05) is 13.3 Å². The number of carbonyl (C=O) groups is 1. The Bertz CT molecular complexity index is 199. The predicted molar refractivity (Wildman–Crippen MR) is 57.9 cm³/mol. The van der Waals surface area contributed by atoms with Crippen LogP contribution in [0.3, 0.4) is 0 Å². The molecule has 0 rings (SSSR count). The van der Waals surface area contributed by atoms with E-state index in [0.29, 0.717) is 25.4 Å². The van der Waals surface area contributed by atoms with Gasteiger partial charge in [0.15, 0.2) is 0 Å². The zero-order chi connectivity index (χ0) is 11.5. The number of hydrogen-bond acceptors (Lipinski definition) is 3. The summed E-state index contributed by atoms with van der Waals surface area (Å²) in [6, 6.07) is 0. The van der Waals surface area contributed by atoms with Crippen LogP contribution < -0.4 is 0 Å². The van der Waals surface area contributed by atoms with Gasteiger partial charge < -0.3 is 14.6 Å². The summed E-state index contributed by atoms with van der Waals surface area (Å²) < 4.78 is 10.5. The van der Waals surface area contributed by atoms with Crippen LogP contribution in [0, 0.1) is 0 Å². The first-order valence-corrected chi connectivity index (χ1v) is 5.22. The third-order valence-corrected chi connectivity index (χ3v) is 1.71. The van der Waals surface area contributed by atoms with Gasteiger partial charge >= 0.3 is 5.97 Å². The van der Waals surface area contributed by atoms with E-state index in [0.717, 1.165) is 25.5 Å². The molecule has 4 nitrogen and oxygen atoms in total. The van der Waals surface area contributed by atoms with Crippen LogP contribution in [-0.4, -0.2) is 37.5 Å². The smallest absolute Gasteiger partial charge is 0.328 e. The Labute approximate surface area is 90.9 Å². The van der Waals surface area contributed by atoms with Crippen molar-refractivity contribution >= 4 is 5.97 Å². The summed E-state index contributed by atoms with van der Waals surface area (Å²) in [4.78, 5) is 10.3. The number of hydrogen-bond donors (Lipinski definition) is 1. The van der Waals surface area contributed by atoms with Crippen molar-refractivity contribution in [2.24, 2.45) is 0 Å². The molecular formula is C11H20O4. The minimum absolute atomic E-state index is 0.351. The molecule has 0 aliphatic rings. The molecule has 0 unspecified atom stereocenters. The number of unbranched alkanes of at least 4 members (excludes halogenated alkanes) is 1. The molecule has 4 heteroatoms. The Kier molecular flexibility index (Phi) is 9.11. The molecule has 1 N–H and O–H groups in total. The van der Waals surface area contributed by atoms with Gasteiger partial charge in [0.1, 0.15) is 0 Å². The summed E-state index contributed by atoms with van der Waals surface area (Å²) in [6.45, 7) is 6.04. The van der Waals surface area contributed by atoms with Gasteiger partial charge in [-0.15, -0.1) is 0 Å². The molecule has 0 aliphatic carbocycles. The molecule has 0 fully saturated rings. The van der Waals surface area contributed by atoms with Crippen LogP contribution >= 0.6 is 0 Å². The molecule has 0 saturated heterocycles. The van der Waals surface area contributed by atoms with Crippen molar-refractivity contribution in [3.8, 4) is 0 Å². The highest BCUT2D eigenvalue weighted by Crippen LogP contribution is 1.94. The molecule has 0 spiro atoms. The lowest BCUT2D eigenvalue weighted by molar-refractivity contribution is -0.131. The molecule has 88 valence electrons. The first-order chi connectivity index (χ1) is 7.16. The Morgan fingerprint density at radius 2 is 1.93 bits per heavy atom. The second-order valence-corrected chi connectivity index (χ2v) is 3.35. The van der Waals surface area contributed by atoms with Crippen molar-refractivity contribution in [2.45, 2.75) is 26.7 Å². The largest absolute Gasteiger partial charge is 0.478 e. The van der Waals surface area contributed by atoms with E-state index >= 15 is 0 Å². The second-order valence-electron chi connectivity index (χ2n) is 3.35. The van der Waals surface area contributed by atoms with Gasteiger partial charge in [-0.25, -0.2) is 4.79 Å². The van der Waals surface area contributed by atoms with Gasteiger partial charge in [0.25, 0.3) is 0 Å². The molecule has 0 aromatic rings. The van der Waals surface area contributed by atoms with Crippen molar-refractivity contribution in [2.75, 3.05) is 26.4 Å². The third kappa shape index (κ3) is 11.1. The number of rotatable bonds is 9. The van der Waals surface area contributed by atoms with Gasteiger partial charge in [-0.3, -0.25) is 0 Å². The maximum atomic E-state index is 10.3. The average Bonchev–Trinajstić information content (AvgIpc) is 2.15. The SMILES string of the molecule is CCCCOCCOCC(C)=CC(=O)O. The zero-order valence-electron chi connectivity index (χ0n) is 9.49. The highest BCUT2D eigenvalue weighted by atomic mass is 16.5. The topological polar surface area (TPSA) is 55.8 Å². The monoisotopic (exact) mass is 216 g/mol. The quantitative estimate of drug-likeness (QED) is 0.472. The van der Waals surface area contributed by atoms with Gasteiger partial charge in [0, 0.05) is 12.7 Å². The maximum absolute atomic E-state index is 10.3. The van der Waals surface area contributed by atoms with E-state index in [-0.39, 0.29) is 0 Å². The molecule has 0 amide bonds. The highest BCUT2D eigenvalue weighted by Gasteiger charge is 1.95. The van der Waals surface area contributed by atoms with Crippen LogP contribution in [0.15, 0.2) is 11.6 Å². The lowest BCUT2D eigenvalue weighted by atomic mass is 10.3. The van der Waals surface area contributed by atoms with E-state index in [4.69, 9.17) is 14.6 Å². The lowest BCUT2D eigenvalue weighted by Gasteiger charge is -2.05. The Hall–Kier alpha value is -0.870. The van der Waals surface area contributed by atoms with Crippen molar-refractivity contribution in [1.82, 2.24) is 0 Å². The number of carboxylic acid groups (broad SMARTS) is 1. The summed E-state index contributed by atoms with van der Waals surface area (Å²) in [6.07, 6.45) is 3.34. The van der Waals surface area contributed by atoms with Crippen LogP contribution in [0.1, 0.15) is 26.7 Å². The Morgan fingerprint density at radius 1 is 1.27 bits per heavy atom. The van der Waals surface area contributed by atoms with E-state index in [1.165, 1.54) is 0 Å². The normalized spacial score (nSPS) is 11.7. The first-order valence-electron chi connectivity index (χ1n) is 5.22. The number of carboxylic acids is 1. The minimum atomic E-state index is -0.935. The van der Waals surface area contributed by atoms with Gasteiger partial charge in [-0.05, 0) is 18.9 Å². The Morgan fingerprint density at radius 3 is 2.53 bits per heavy atom. The molecule has 0 atom stereocenters. The molecule has 0 aliphatic heterocycles. The lowest BCUT2D eigenvalue weighted by Crippen LogP contribution is -2.07. The highest BCUT2D eigenvalue weighted by molar-refractivity contribution is 5.80. The number of aliphatic carboxylic acids is 1. The van der Waals surface area contributed by atoms with Crippen molar-refractivity contribution in [3.05, 3.63) is 11.6 Å². The summed E-state index contributed by atoms with van der Waals surface area (Å²) in [5.41, 5.74) is 0.705. The summed E-state index contributed by atoms with van der Waals surface area (Å²) in [5.74, 6) is -0.935. The van der Waals surface area contributed by atoms with Crippen molar-refractivity contribution in [1.29, 1.82) is 0 Å². The van der Waals surface area contributed by atoms with Gasteiger partial charge in [0.2, 0.25) is 0 Å². The third-order valence-electron chi connectivity index (χ3n) is 1.71. The van der Waals surface area contributed by atoms with E-state index in [1.807, 2.05) is 0 Å². The van der Waals surface area contributed by atoms with E-state index < -0.39 is 5.97 Å². The molecule has 0 aromatic carbocycles. The fourth-order valence-electron chi connectivity index (χ4n) is 0.952. The standard InChI is InChI=1S/C11H20O4/c1-3-4-5-14-6-7-15-9-10(2)8-11(12)13/h8H,3-7,9H2,1-2H3,(H,12,13). The van der Waals surface area contributed by atoms with Crippen LogP contribution in [0.4, 0.5) is 0 Å². The molecule has 0 aromatic heterocycles. The molecule has 0 radical (unpaired) electrons. The molecule has 0 heterocycles. The van der Waals surface area contributed by atoms with Crippen LogP contribution in [-0.2, 0) is 14.3 Å². The summed E-state index contributed by atoms with van der Waals surface area (Å²) in [5, 5.41) is 8.43. The van der Waals surface area contributed by atoms with E-state index in [2.05, 4.69) is 6.92 Å². The molecule has 0 saturated carbocycles. The fourth-order valence-corrected chi connectivity index (χ4v) is 0.952. The molecule has 0 bridgehead atoms. The van der Waals surface area contributed by atoms with E-state index in [9.17, 15) is 4.79 Å². The maximum Gasteiger partial charge on any atom is 0.328 e. The Balaban J connectivity index is 3.27. The van der Waals surface area contributed by atoms with Crippen molar-refractivity contribution < 1.29 is 19.4 Å². The average molecular weight is 216 g/mol. The summed E-state index contributed by atoms with van der Waals surface area (Å²) in [7, 11) is 0.